The second-order valence-corrected chi connectivity index (χ2v) is 26.0. The fourth-order valence-electron chi connectivity index (χ4n) is 11.6. The molecule has 1 amide bonds. The van der Waals surface area contributed by atoms with Gasteiger partial charge in [-0.15, -0.1) is 0 Å². The van der Waals surface area contributed by atoms with Gasteiger partial charge in [-0.1, -0.05) is 318 Å². The molecular weight excluding hydrogens is 1110 g/mol. The monoisotopic (exact) mass is 1250 g/mol. The quantitative estimate of drug-likeness (QED) is 0.0195. The second kappa shape index (κ2) is 65.2. The highest BCUT2D eigenvalue weighted by molar-refractivity contribution is 5.80. The number of esters is 1. The predicted octanol–water partition coefficient (Wildman–Crippen LogP) is 19.9. The van der Waals surface area contributed by atoms with Crippen molar-refractivity contribution in [1.82, 2.24) is 5.32 Å². The van der Waals surface area contributed by atoms with E-state index in [1.165, 1.54) is 218 Å². The molecule has 89 heavy (non-hydrogen) atoms. The van der Waals surface area contributed by atoms with Crippen molar-refractivity contribution >= 4 is 11.9 Å². The third kappa shape index (κ3) is 52.2. The number of ether oxygens (including phenoxy) is 3. The van der Waals surface area contributed by atoms with Gasteiger partial charge in [0.1, 0.15) is 24.4 Å². The summed E-state index contributed by atoms with van der Waals surface area (Å²) in [5.41, 5.74) is 0. The fourth-order valence-corrected chi connectivity index (χ4v) is 11.6. The van der Waals surface area contributed by atoms with Crippen LogP contribution in [0.5, 0.6) is 0 Å². The number of unbranched alkanes of at least 4 members (excludes halogenated alkanes) is 41. The highest BCUT2D eigenvalue weighted by atomic mass is 16.7. The molecule has 8 atom stereocenters. The standard InChI is InChI=1S/C78H141NO10/c1-4-7-10-13-16-19-22-25-27-29-31-33-35-36-37-39-41-43-45-48-51-54-57-60-63-66-73(83)89-76-75(85)74(84)72(67-80)88-78(76)87-68-69(70(81)64-61-58-55-52-49-46-24-21-18-15-12-9-6-3)79-77(86)71(82)65-62-59-56-53-50-47-44-42-40-38-34-32-30-28-26-23-20-17-14-11-8-5-2/h16-17,19-20,25-28,32,34,61,64,69-72,74-76,78,80-82,84-85H,4-15,18,21-24,29-31,33,35-60,62-63,65-68H2,1-3H3,(H,79,86)/b19-16-,20-17-,27-25-,28-26-,34-32-,64-61+. The molecule has 11 heteroatoms. The summed E-state index contributed by atoms with van der Waals surface area (Å²) >= 11 is 0. The third-order valence-electron chi connectivity index (χ3n) is 17.6. The molecule has 0 aromatic heterocycles. The molecule has 0 saturated carbocycles. The fraction of sp³-hybridized carbons (Fsp3) is 0.821. The minimum Gasteiger partial charge on any atom is -0.454 e. The Hall–Kier alpha value is -2.90. The van der Waals surface area contributed by atoms with Crippen LogP contribution >= 0.6 is 0 Å². The Kier molecular flexibility index (Phi) is 61.6. The first kappa shape index (κ1) is 84.1. The zero-order valence-corrected chi connectivity index (χ0v) is 57.8. The molecule has 11 nitrogen and oxygen atoms in total. The van der Waals surface area contributed by atoms with Gasteiger partial charge in [0.25, 0.3) is 0 Å². The van der Waals surface area contributed by atoms with Crippen LogP contribution in [0.4, 0.5) is 0 Å². The van der Waals surface area contributed by atoms with Crippen molar-refractivity contribution in [2.24, 2.45) is 0 Å². The third-order valence-corrected chi connectivity index (χ3v) is 17.6. The SMILES string of the molecule is CCCCC/C=C\C/C=C\C/C=C\CCCCCCCCCCCC(O)C(=O)NC(COC1OC(CO)C(O)C(O)C1OC(=O)CCCCCCCCCCCCCCCCC/C=C\C/C=C\CCCCC)C(O)/C=C/CCCCCCCCCCCCC. The molecule has 1 aliphatic heterocycles. The number of amides is 1. The van der Waals surface area contributed by atoms with Crippen LogP contribution in [0.2, 0.25) is 0 Å². The largest absolute Gasteiger partial charge is 0.454 e. The number of hydrogen-bond acceptors (Lipinski definition) is 10. The van der Waals surface area contributed by atoms with Gasteiger partial charge in [0.05, 0.1) is 25.4 Å². The van der Waals surface area contributed by atoms with E-state index in [2.05, 4.69) is 86.8 Å². The minimum absolute atomic E-state index is 0.123. The number of hydrogen-bond donors (Lipinski definition) is 6. The van der Waals surface area contributed by atoms with Crippen LogP contribution < -0.4 is 5.32 Å². The number of carbonyl (C=O) groups excluding carboxylic acids is 2. The lowest BCUT2D eigenvalue weighted by atomic mass is 9.99. The van der Waals surface area contributed by atoms with Gasteiger partial charge in [0.15, 0.2) is 12.4 Å². The van der Waals surface area contributed by atoms with E-state index >= 15 is 0 Å². The summed E-state index contributed by atoms with van der Waals surface area (Å²) in [6.45, 7) is 5.79. The average molecular weight is 1250 g/mol. The molecule has 0 aliphatic carbocycles. The maximum atomic E-state index is 13.5. The zero-order chi connectivity index (χ0) is 64.6. The molecule has 0 spiro atoms. The summed E-state index contributed by atoms with van der Waals surface area (Å²) in [6, 6.07) is -1.03. The molecule has 0 aromatic rings. The molecule has 1 rings (SSSR count). The van der Waals surface area contributed by atoms with Gasteiger partial charge < -0.3 is 45.1 Å². The van der Waals surface area contributed by atoms with Crippen LogP contribution in [-0.4, -0.2) is 99.6 Å². The second-order valence-electron chi connectivity index (χ2n) is 26.0. The summed E-state index contributed by atoms with van der Waals surface area (Å²) in [7, 11) is 0. The molecule has 0 aromatic carbocycles. The molecule has 8 unspecified atom stereocenters. The Morgan fingerprint density at radius 2 is 0.775 bits per heavy atom. The summed E-state index contributed by atoms with van der Waals surface area (Å²) in [6.07, 6.45) is 75.1. The molecule has 0 bridgehead atoms. The van der Waals surface area contributed by atoms with E-state index in [1.54, 1.807) is 6.08 Å². The maximum Gasteiger partial charge on any atom is 0.306 e. The first-order chi connectivity index (χ1) is 43.7. The Morgan fingerprint density at radius 3 is 1.18 bits per heavy atom. The van der Waals surface area contributed by atoms with Crippen molar-refractivity contribution in [3.8, 4) is 0 Å². The van der Waals surface area contributed by atoms with Crippen molar-refractivity contribution in [3.05, 3.63) is 72.9 Å². The van der Waals surface area contributed by atoms with Gasteiger partial charge in [0.2, 0.25) is 5.91 Å². The molecule has 518 valence electrons. The maximum absolute atomic E-state index is 13.5. The van der Waals surface area contributed by atoms with Crippen molar-refractivity contribution in [1.29, 1.82) is 0 Å². The predicted molar refractivity (Wildman–Crippen MR) is 375 cm³/mol. The minimum atomic E-state index is -1.62. The van der Waals surface area contributed by atoms with Gasteiger partial charge in [0, 0.05) is 6.42 Å². The molecule has 1 heterocycles. The number of allylic oxidation sites excluding steroid dienone is 11. The Balaban J connectivity index is 2.55. The van der Waals surface area contributed by atoms with Crippen LogP contribution in [-0.2, 0) is 23.8 Å². The number of aliphatic hydroxyl groups is 5. The lowest BCUT2D eigenvalue weighted by molar-refractivity contribution is -0.305. The van der Waals surface area contributed by atoms with E-state index in [1.807, 2.05) is 6.08 Å². The highest BCUT2D eigenvalue weighted by Gasteiger charge is 2.47. The lowest BCUT2D eigenvalue weighted by Gasteiger charge is -2.41. The van der Waals surface area contributed by atoms with Crippen molar-refractivity contribution < 1.29 is 49.3 Å². The molecule has 1 saturated heterocycles. The summed E-state index contributed by atoms with van der Waals surface area (Å²) in [4.78, 5) is 26.7. The highest BCUT2D eigenvalue weighted by Crippen LogP contribution is 2.26. The first-order valence-electron chi connectivity index (χ1n) is 37.7. The average Bonchev–Trinajstić information content (AvgIpc) is 3.11. The smallest absolute Gasteiger partial charge is 0.306 e. The van der Waals surface area contributed by atoms with Gasteiger partial charge in [-0.2, -0.15) is 0 Å². The van der Waals surface area contributed by atoms with E-state index in [0.717, 1.165) is 83.5 Å². The Morgan fingerprint density at radius 1 is 0.438 bits per heavy atom. The van der Waals surface area contributed by atoms with Crippen molar-refractivity contribution in [3.63, 3.8) is 0 Å². The number of carbonyl (C=O) groups is 2. The van der Waals surface area contributed by atoms with E-state index in [9.17, 15) is 35.1 Å². The number of aliphatic hydroxyl groups excluding tert-OH is 5. The molecule has 1 fully saturated rings. The lowest BCUT2D eigenvalue weighted by Crippen LogP contribution is -2.61. The summed E-state index contributed by atoms with van der Waals surface area (Å²) in [5.74, 6) is -1.19. The van der Waals surface area contributed by atoms with Crippen LogP contribution in [0, 0.1) is 0 Å². The zero-order valence-electron chi connectivity index (χ0n) is 57.8. The van der Waals surface area contributed by atoms with Crippen LogP contribution in [0.3, 0.4) is 0 Å². The Bertz CT molecular complexity index is 1730. The van der Waals surface area contributed by atoms with Gasteiger partial charge >= 0.3 is 5.97 Å². The summed E-state index contributed by atoms with van der Waals surface area (Å²) < 4.78 is 17.7. The Labute approximate surface area is 547 Å². The van der Waals surface area contributed by atoms with Crippen LogP contribution in [0.15, 0.2) is 72.9 Å². The number of nitrogens with one attached hydrogen (secondary N) is 1. The normalized spacial score (nSPS) is 18.5. The topological polar surface area (TPSA) is 175 Å². The van der Waals surface area contributed by atoms with Crippen LogP contribution in [0.1, 0.15) is 348 Å². The summed E-state index contributed by atoms with van der Waals surface area (Å²) in [5, 5.41) is 57.4. The van der Waals surface area contributed by atoms with Crippen molar-refractivity contribution in [2.45, 2.75) is 397 Å². The van der Waals surface area contributed by atoms with Gasteiger partial charge in [-0.05, 0) is 96.3 Å². The van der Waals surface area contributed by atoms with E-state index in [-0.39, 0.29) is 19.4 Å². The molecule has 1 aliphatic rings. The molecule has 0 radical (unpaired) electrons. The van der Waals surface area contributed by atoms with E-state index in [4.69, 9.17) is 14.2 Å². The van der Waals surface area contributed by atoms with Crippen LogP contribution in [0.25, 0.3) is 0 Å². The molecule has 6 N–H and O–H groups in total. The first-order valence-corrected chi connectivity index (χ1v) is 37.7. The van der Waals surface area contributed by atoms with E-state index < -0.39 is 67.4 Å². The van der Waals surface area contributed by atoms with E-state index in [0.29, 0.717) is 12.8 Å². The van der Waals surface area contributed by atoms with Gasteiger partial charge in [-0.3, -0.25) is 9.59 Å². The number of rotatable bonds is 65. The van der Waals surface area contributed by atoms with Gasteiger partial charge in [-0.25, -0.2) is 0 Å². The van der Waals surface area contributed by atoms with Crippen molar-refractivity contribution in [2.75, 3.05) is 13.2 Å². The molecular formula is C78H141NO10.